The molecule has 1 N–H and O–H groups in total. The second-order valence-corrected chi connectivity index (χ2v) is 2.76. The van der Waals surface area contributed by atoms with Gasteiger partial charge in [-0.25, -0.2) is 0 Å². The molecule has 0 spiro atoms. The van der Waals surface area contributed by atoms with E-state index in [0.29, 0.717) is 0 Å². The van der Waals surface area contributed by atoms with E-state index in [1.807, 2.05) is 5.32 Å². The molecule has 0 saturated carbocycles. The second kappa shape index (κ2) is 3.87. The summed E-state index contributed by atoms with van der Waals surface area (Å²) in [5.74, 6) is -0.657. The van der Waals surface area contributed by atoms with Crippen LogP contribution in [0.3, 0.4) is 0 Å². The molecule has 3 nitrogen and oxygen atoms in total. The van der Waals surface area contributed by atoms with Gasteiger partial charge in [-0.15, -0.1) is 0 Å². The number of carbonyl (C=O) groups is 2. The third-order valence-corrected chi connectivity index (χ3v) is 1.85. The third-order valence-electron chi connectivity index (χ3n) is 1.85. The maximum atomic E-state index is 10.0. The SMILES string of the molecule is C.O=C1C=CC(=O)N1.c1cc2ccc1-2. The number of amides is 2. The lowest BCUT2D eigenvalue weighted by atomic mass is 9.95. The monoisotopic (exact) mass is 189 g/mol. The van der Waals surface area contributed by atoms with E-state index < -0.39 is 0 Å². The van der Waals surface area contributed by atoms with Crippen LogP contribution in [0.2, 0.25) is 0 Å². The fourth-order valence-corrected chi connectivity index (χ4v) is 1.02. The summed E-state index contributed by atoms with van der Waals surface area (Å²) in [6.45, 7) is 0. The molecule has 14 heavy (non-hydrogen) atoms. The van der Waals surface area contributed by atoms with Crippen LogP contribution in [0.15, 0.2) is 36.4 Å². The average molecular weight is 189 g/mol. The standard InChI is InChI=1S/C6H4.C4H3NO2.CH4/c1-2-6-4-3-5(1)6;6-3-1-2-4(7)5-3;/h1-4H;1-2H,(H,5,6,7);1H4. The first-order valence-electron chi connectivity index (χ1n) is 3.89. The first-order valence-corrected chi connectivity index (χ1v) is 3.89. The Bertz CT molecular complexity index is 353. The molecule has 1 aliphatic heterocycles. The van der Waals surface area contributed by atoms with Crippen LogP contribution in [0, 0.1) is 0 Å². The van der Waals surface area contributed by atoms with Gasteiger partial charge in [0.2, 0.25) is 0 Å². The van der Waals surface area contributed by atoms with Gasteiger partial charge in [0.25, 0.3) is 11.8 Å². The summed E-state index contributed by atoms with van der Waals surface area (Å²) in [5, 5.41) is 2.03. The van der Waals surface area contributed by atoms with E-state index in [2.05, 4.69) is 24.3 Å². The van der Waals surface area contributed by atoms with E-state index in [9.17, 15) is 9.59 Å². The number of fused-ring (bicyclic) bond motifs is 1. The maximum Gasteiger partial charge on any atom is 0.250 e. The lowest BCUT2D eigenvalue weighted by Gasteiger charge is -2.10. The van der Waals surface area contributed by atoms with Crippen LogP contribution >= 0.6 is 0 Å². The first-order chi connectivity index (χ1) is 6.25. The molecule has 1 heterocycles. The molecular formula is C11H11NO2. The Kier molecular flexibility index (Phi) is 2.82. The Balaban J connectivity index is 0.000000131. The smallest absolute Gasteiger partial charge is 0.250 e. The van der Waals surface area contributed by atoms with E-state index in [1.54, 1.807) is 0 Å². The van der Waals surface area contributed by atoms with Crippen molar-refractivity contribution in [3.05, 3.63) is 36.4 Å². The Labute approximate surface area is 82.4 Å². The Morgan fingerprint density at radius 1 is 0.786 bits per heavy atom. The van der Waals surface area contributed by atoms with Gasteiger partial charge >= 0.3 is 0 Å². The maximum absolute atomic E-state index is 10.0. The van der Waals surface area contributed by atoms with Gasteiger partial charge in [-0.05, 0) is 11.1 Å². The van der Waals surface area contributed by atoms with Crippen molar-refractivity contribution in [2.24, 2.45) is 0 Å². The molecule has 0 aromatic rings. The molecular weight excluding hydrogens is 178 g/mol. The van der Waals surface area contributed by atoms with Gasteiger partial charge in [-0.1, -0.05) is 31.7 Å². The van der Waals surface area contributed by atoms with E-state index in [1.165, 1.54) is 23.3 Å². The molecule has 0 unspecified atom stereocenters. The summed E-state index contributed by atoms with van der Waals surface area (Å²) in [6, 6.07) is 8.48. The van der Waals surface area contributed by atoms with E-state index >= 15 is 0 Å². The molecule has 0 fully saturated rings. The van der Waals surface area contributed by atoms with Crippen molar-refractivity contribution in [3.8, 4) is 11.1 Å². The van der Waals surface area contributed by atoms with Crippen LogP contribution in [-0.4, -0.2) is 11.8 Å². The van der Waals surface area contributed by atoms with E-state index in [-0.39, 0.29) is 19.2 Å². The largest absolute Gasteiger partial charge is 0.289 e. The normalized spacial score (nSPS) is 13.7. The van der Waals surface area contributed by atoms with Gasteiger partial charge in [0.1, 0.15) is 0 Å². The molecule has 0 radical (unpaired) electrons. The Morgan fingerprint density at radius 3 is 1.21 bits per heavy atom. The molecule has 0 saturated heterocycles. The number of imide groups is 1. The van der Waals surface area contributed by atoms with Gasteiger partial charge in [0, 0.05) is 12.2 Å². The predicted octanol–water partition coefficient (Wildman–Crippen LogP) is 1.50. The molecule has 72 valence electrons. The molecule has 0 bridgehead atoms. The fourth-order valence-electron chi connectivity index (χ4n) is 1.02. The van der Waals surface area contributed by atoms with Crippen LogP contribution in [0.1, 0.15) is 7.43 Å². The number of nitrogens with one attached hydrogen (secondary N) is 1. The van der Waals surface area contributed by atoms with Crippen molar-refractivity contribution >= 4 is 11.8 Å². The number of benzene rings is 1. The van der Waals surface area contributed by atoms with Crippen molar-refractivity contribution in [3.63, 3.8) is 0 Å². The number of carbonyl (C=O) groups excluding carboxylic acids is 2. The Hall–Kier alpha value is -1.90. The second-order valence-electron chi connectivity index (χ2n) is 2.76. The summed E-state index contributed by atoms with van der Waals surface area (Å²) in [4.78, 5) is 20.1. The molecule has 2 amide bonds. The molecule has 2 aliphatic carbocycles. The highest BCUT2D eigenvalue weighted by Crippen LogP contribution is 2.29. The molecule has 0 aromatic carbocycles. The molecule has 3 rings (SSSR count). The minimum atomic E-state index is -0.329. The summed E-state index contributed by atoms with van der Waals surface area (Å²) in [7, 11) is 0. The van der Waals surface area contributed by atoms with E-state index in [0.717, 1.165) is 0 Å². The highest BCUT2D eigenvalue weighted by molar-refractivity contribution is 6.12. The summed E-state index contributed by atoms with van der Waals surface area (Å²) in [5.41, 5.74) is 2.85. The van der Waals surface area contributed by atoms with Gasteiger partial charge in [-0.3, -0.25) is 14.9 Å². The lowest BCUT2D eigenvalue weighted by Crippen LogP contribution is -2.19. The molecule has 0 aromatic heterocycles. The van der Waals surface area contributed by atoms with Crippen molar-refractivity contribution in [1.29, 1.82) is 0 Å². The van der Waals surface area contributed by atoms with Crippen molar-refractivity contribution in [2.75, 3.05) is 0 Å². The van der Waals surface area contributed by atoms with Crippen molar-refractivity contribution in [2.45, 2.75) is 7.43 Å². The zero-order chi connectivity index (χ0) is 9.26. The van der Waals surface area contributed by atoms with Crippen LogP contribution < -0.4 is 5.32 Å². The number of hydrogen-bond donors (Lipinski definition) is 1. The number of hydrogen-bond acceptors (Lipinski definition) is 2. The van der Waals surface area contributed by atoms with E-state index in [4.69, 9.17) is 0 Å². The fraction of sp³-hybridized carbons (Fsp3) is 0.0909. The van der Waals surface area contributed by atoms with Crippen LogP contribution in [0.4, 0.5) is 0 Å². The first kappa shape index (κ1) is 10.2. The lowest BCUT2D eigenvalue weighted by molar-refractivity contribution is -0.123. The third kappa shape index (κ3) is 1.88. The minimum Gasteiger partial charge on any atom is -0.289 e. The minimum absolute atomic E-state index is 0. The molecule has 3 heteroatoms. The van der Waals surface area contributed by atoms with Gasteiger partial charge in [0.05, 0.1) is 0 Å². The summed E-state index contributed by atoms with van der Waals surface area (Å²) in [6.07, 6.45) is 2.39. The zero-order valence-corrected chi connectivity index (χ0v) is 6.78. The van der Waals surface area contributed by atoms with Gasteiger partial charge in [0.15, 0.2) is 0 Å². The molecule has 3 aliphatic rings. The Morgan fingerprint density at radius 2 is 1.14 bits per heavy atom. The van der Waals surface area contributed by atoms with Crippen LogP contribution in [-0.2, 0) is 9.59 Å². The predicted molar refractivity (Wildman–Crippen MR) is 54.5 cm³/mol. The van der Waals surface area contributed by atoms with Crippen molar-refractivity contribution in [1.82, 2.24) is 5.32 Å². The van der Waals surface area contributed by atoms with Crippen LogP contribution in [0.25, 0.3) is 11.1 Å². The van der Waals surface area contributed by atoms with Crippen LogP contribution in [0.5, 0.6) is 0 Å². The quantitative estimate of drug-likeness (QED) is 0.638. The summed E-state index contributed by atoms with van der Waals surface area (Å²) >= 11 is 0. The summed E-state index contributed by atoms with van der Waals surface area (Å²) < 4.78 is 0. The highest BCUT2D eigenvalue weighted by atomic mass is 16.2. The highest BCUT2D eigenvalue weighted by Gasteiger charge is 2.06. The van der Waals surface area contributed by atoms with Crippen molar-refractivity contribution < 1.29 is 9.59 Å². The van der Waals surface area contributed by atoms with Gasteiger partial charge < -0.3 is 0 Å². The molecule has 0 atom stereocenters. The number of rotatable bonds is 0. The zero-order valence-electron chi connectivity index (χ0n) is 6.78. The average Bonchev–Trinajstić information content (AvgIpc) is 2.43. The topological polar surface area (TPSA) is 46.2 Å². The van der Waals surface area contributed by atoms with Gasteiger partial charge in [-0.2, -0.15) is 0 Å².